The summed E-state index contributed by atoms with van der Waals surface area (Å²) in [7, 11) is 0. The molecule has 0 aliphatic carbocycles. The summed E-state index contributed by atoms with van der Waals surface area (Å²) in [5.41, 5.74) is 2.96. The Balaban J connectivity index is 1.62. The van der Waals surface area contributed by atoms with E-state index in [4.69, 9.17) is 4.98 Å². The summed E-state index contributed by atoms with van der Waals surface area (Å²) in [4.78, 5) is 20.6. The van der Waals surface area contributed by atoms with E-state index in [1.165, 1.54) is 0 Å². The number of carboxylic acids is 1. The van der Waals surface area contributed by atoms with E-state index in [1.807, 2.05) is 53.2 Å². The van der Waals surface area contributed by atoms with E-state index in [0.29, 0.717) is 18.5 Å². The zero-order chi connectivity index (χ0) is 17.9. The van der Waals surface area contributed by atoms with Gasteiger partial charge in [0.1, 0.15) is 5.82 Å². The molecule has 5 nitrogen and oxygen atoms in total. The number of aromatic carboxylic acids is 1. The Bertz CT molecular complexity index is 1090. The maximum atomic E-state index is 11.4. The monoisotopic (exact) mass is 343 g/mol. The number of benzene rings is 2. The zero-order valence-electron chi connectivity index (χ0n) is 14.0. The van der Waals surface area contributed by atoms with E-state index in [-0.39, 0.29) is 0 Å². The maximum Gasteiger partial charge on any atom is 0.336 e. The number of imidazole rings is 1. The highest BCUT2D eigenvalue weighted by atomic mass is 16.4. The molecule has 1 N–H and O–H groups in total. The molecule has 0 unspecified atom stereocenters. The minimum absolute atomic E-state index is 0.316. The number of hydrogen-bond acceptors (Lipinski definition) is 3. The van der Waals surface area contributed by atoms with Crippen LogP contribution in [0.5, 0.6) is 0 Å². The third kappa shape index (κ3) is 3.19. The SMILES string of the molecule is O=C(O)c1ccccc1Cn1ccnc1Cc1ccc2ccccc2n1. The fraction of sp³-hybridized carbons (Fsp3) is 0.0952. The molecule has 0 bridgehead atoms. The van der Waals surface area contributed by atoms with Gasteiger partial charge in [0.15, 0.2) is 0 Å². The van der Waals surface area contributed by atoms with Crippen LogP contribution in [0.1, 0.15) is 27.4 Å². The number of aromatic nitrogens is 3. The number of nitrogens with zero attached hydrogens (tertiary/aromatic N) is 3. The second-order valence-electron chi connectivity index (χ2n) is 6.11. The van der Waals surface area contributed by atoms with E-state index in [1.54, 1.807) is 18.3 Å². The van der Waals surface area contributed by atoms with E-state index >= 15 is 0 Å². The summed E-state index contributed by atoms with van der Waals surface area (Å²) < 4.78 is 1.97. The van der Waals surface area contributed by atoms with Crippen LogP contribution in [0.25, 0.3) is 10.9 Å². The molecule has 0 radical (unpaired) electrons. The Morgan fingerprint density at radius 1 is 1.00 bits per heavy atom. The third-order valence-electron chi connectivity index (χ3n) is 4.39. The molecule has 2 aromatic heterocycles. The highest BCUT2D eigenvalue weighted by Crippen LogP contribution is 2.16. The van der Waals surface area contributed by atoms with Crippen molar-refractivity contribution in [2.45, 2.75) is 13.0 Å². The second kappa shape index (κ2) is 6.80. The summed E-state index contributed by atoms with van der Waals surface area (Å²) in [5, 5.41) is 10.5. The van der Waals surface area contributed by atoms with Crippen molar-refractivity contribution in [3.8, 4) is 0 Å². The number of para-hydroxylation sites is 1. The first-order chi connectivity index (χ1) is 12.7. The van der Waals surface area contributed by atoms with Gasteiger partial charge in [-0.05, 0) is 23.8 Å². The average molecular weight is 343 g/mol. The van der Waals surface area contributed by atoms with Crippen molar-refractivity contribution in [3.63, 3.8) is 0 Å². The van der Waals surface area contributed by atoms with Gasteiger partial charge in [-0.1, -0.05) is 42.5 Å². The molecule has 4 rings (SSSR count). The van der Waals surface area contributed by atoms with Crippen LogP contribution in [0.4, 0.5) is 0 Å². The number of hydrogen-bond donors (Lipinski definition) is 1. The number of pyridine rings is 1. The van der Waals surface area contributed by atoms with Crippen LogP contribution in [0.2, 0.25) is 0 Å². The highest BCUT2D eigenvalue weighted by molar-refractivity contribution is 5.89. The number of fused-ring (bicyclic) bond motifs is 1. The lowest BCUT2D eigenvalue weighted by atomic mass is 10.1. The molecule has 26 heavy (non-hydrogen) atoms. The van der Waals surface area contributed by atoms with Crippen molar-refractivity contribution in [1.29, 1.82) is 0 Å². The van der Waals surface area contributed by atoms with Crippen LogP contribution in [0, 0.1) is 0 Å². The van der Waals surface area contributed by atoms with Crippen molar-refractivity contribution < 1.29 is 9.90 Å². The quantitative estimate of drug-likeness (QED) is 0.599. The molecule has 0 spiro atoms. The van der Waals surface area contributed by atoms with Crippen molar-refractivity contribution in [1.82, 2.24) is 14.5 Å². The normalized spacial score (nSPS) is 10.9. The maximum absolute atomic E-state index is 11.4. The van der Waals surface area contributed by atoms with Crippen molar-refractivity contribution >= 4 is 16.9 Å². The van der Waals surface area contributed by atoms with E-state index in [0.717, 1.165) is 28.0 Å². The van der Waals surface area contributed by atoms with Crippen LogP contribution in [0.15, 0.2) is 73.1 Å². The molecule has 0 saturated carbocycles. The topological polar surface area (TPSA) is 68.0 Å². The third-order valence-corrected chi connectivity index (χ3v) is 4.39. The van der Waals surface area contributed by atoms with Crippen molar-refractivity contribution in [2.75, 3.05) is 0 Å². The van der Waals surface area contributed by atoms with Gasteiger partial charge in [-0.25, -0.2) is 9.78 Å². The fourth-order valence-corrected chi connectivity index (χ4v) is 3.07. The Morgan fingerprint density at radius 3 is 2.69 bits per heavy atom. The molecule has 0 fully saturated rings. The summed E-state index contributed by atoms with van der Waals surface area (Å²) in [6.45, 7) is 0.464. The summed E-state index contributed by atoms with van der Waals surface area (Å²) >= 11 is 0. The molecular formula is C21H17N3O2. The fourth-order valence-electron chi connectivity index (χ4n) is 3.07. The predicted octanol–water partition coefficient (Wildman–Crippen LogP) is 3.77. The first-order valence-electron chi connectivity index (χ1n) is 8.36. The second-order valence-corrected chi connectivity index (χ2v) is 6.11. The smallest absolute Gasteiger partial charge is 0.336 e. The van der Waals surface area contributed by atoms with Crippen LogP contribution in [-0.4, -0.2) is 25.6 Å². The van der Waals surface area contributed by atoms with Crippen LogP contribution in [0.3, 0.4) is 0 Å². The lowest BCUT2D eigenvalue weighted by Gasteiger charge is -2.10. The molecule has 2 heterocycles. The molecular weight excluding hydrogens is 326 g/mol. The average Bonchev–Trinajstić information content (AvgIpc) is 3.08. The van der Waals surface area contributed by atoms with Gasteiger partial charge in [0.25, 0.3) is 0 Å². The molecule has 128 valence electrons. The van der Waals surface area contributed by atoms with Gasteiger partial charge < -0.3 is 9.67 Å². The molecule has 5 heteroatoms. The van der Waals surface area contributed by atoms with Gasteiger partial charge in [0.05, 0.1) is 11.1 Å². The highest BCUT2D eigenvalue weighted by Gasteiger charge is 2.12. The largest absolute Gasteiger partial charge is 0.478 e. The zero-order valence-corrected chi connectivity index (χ0v) is 14.0. The molecule has 0 aliphatic heterocycles. The minimum Gasteiger partial charge on any atom is -0.478 e. The predicted molar refractivity (Wildman–Crippen MR) is 99.3 cm³/mol. The van der Waals surface area contributed by atoms with E-state index < -0.39 is 5.97 Å². The molecule has 4 aromatic rings. The summed E-state index contributed by atoms with van der Waals surface area (Å²) in [6, 6.07) is 19.1. The van der Waals surface area contributed by atoms with Crippen LogP contribution in [-0.2, 0) is 13.0 Å². The number of carbonyl (C=O) groups is 1. The van der Waals surface area contributed by atoms with Gasteiger partial charge in [-0.2, -0.15) is 0 Å². The Labute approximate surface area is 150 Å². The van der Waals surface area contributed by atoms with Gasteiger partial charge in [0.2, 0.25) is 0 Å². The Kier molecular flexibility index (Phi) is 4.19. The molecule has 0 atom stereocenters. The van der Waals surface area contributed by atoms with E-state index in [9.17, 15) is 9.90 Å². The van der Waals surface area contributed by atoms with E-state index in [2.05, 4.69) is 11.1 Å². The lowest BCUT2D eigenvalue weighted by Crippen LogP contribution is -2.10. The van der Waals surface area contributed by atoms with Gasteiger partial charge in [0, 0.05) is 36.4 Å². The molecule has 2 aromatic carbocycles. The van der Waals surface area contributed by atoms with Crippen LogP contribution >= 0.6 is 0 Å². The molecule has 0 aliphatic rings. The number of rotatable bonds is 5. The van der Waals surface area contributed by atoms with Gasteiger partial charge in [-0.15, -0.1) is 0 Å². The van der Waals surface area contributed by atoms with Gasteiger partial charge in [-0.3, -0.25) is 4.98 Å². The number of carboxylic acid groups (broad SMARTS) is 1. The Morgan fingerprint density at radius 2 is 1.81 bits per heavy atom. The first-order valence-corrected chi connectivity index (χ1v) is 8.36. The van der Waals surface area contributed by atoms with Crippen molar-refractivity contribution in [2.24, 2.45) is 0 Å². The van der Waals surface area contributed by atoms with Crippen molar-refractivity contribution in [3.05, 3.63) is 95.7 Å². The first kappa shape index (κ1) is 16.0. The minimum atomic E-state index is -0.918. The molecule has 0 amide bonds. The summed E-state index contributed by atoms with van der Waals surface area (Å²) in [5.74, 6) is -0.0635. The Hall–Kier alpha value is -3.47. The standard InChI is InChI=1S/C21H17N3O2/c25-21(26)18-7-3-1-6-16(18)14-24-12-11-22-20(24)13-17-10-9-15-5-2-4-8-19(15)23-17/h1-12H,13-14H2,(H,25,26). The van der Waals surface area contributed by atoms with Gasteiger partial charge >= 0.3 is 5.97 Å². The lowest BCUT2D eigenvalue weighted by molar-refractivity contribution is 0.0695. The molecule has 0 saturated heterocycles. The summed E-state index contributed by atoms with van der Waals surface area (Å²) in [6.07, 6.45) is 4.20. The van der Waals surface area contributed by atoms with Crippen LogP contribution < -0.4 is 0 Å².